The zero-order valence-electron chi connectivity index (χ0n) is 11.4. The van der Waals surface area contributed by atoms with Crippen molar-refractivity contribution in [1.29, 1.82) is 5.26 Å². The number of rotatable bonds is 6. The van der Waals surface area contributed by atoms with Gasteiger partial charge in [-0.3, -0.25) is 0 Å². The second-order valence-electron chi connectivity index (χ2n) is 4.54. The topological polar surface area (TPSA) is 65.9 Å². The molecule has 0 radical (unpaired) electrons. The molecule has 0 fully saturated rings. The van der Waals surface area contributed by atoms with Crippen LogP contribution in [0.1, 0.15) is 17.7 Å². The average molecular weight is 266 g/mol. The summed E-state index contributed by atoms with van der Waals surface area (Å²) in [5.41, 5.74) is 7.26. The minimum atomic E-state index is 0.438. The second-order valence-corrected chi connectivity index (χ2v) is 4.54. The summed E-state index contributed by atoms with van der Waals surface area (Å²) >= 11 is 0. The second kappa shape index (κ2) is 7.27. The molecule has 0 atom stereocenters. The highest BCUT2D eigenvalue weighted by atomic mass is 15.2. The highest BCUT2D eigenvalue weighted by molar-refractivity contribution is 5.42. The van der Waals surface area contributed by atoms with Crippen molar-refractivity contribution < 1.29 is 0 Å². The number of anilines is 1. The van der Waals surface area contributed by atoms with Gasteiger partial charge in [-0.2, -0.15) is 5.26 Å². The molecule has 2 rings (SSSR count). The predicted molar refractivity (Wildman–Crippen MR) is 80.1 cm³/mol. The molecule has 0 amide bonds. The van der Waals surface area contributed by atoms with Gasteiger partial charge in [0, 0.05) is 13.1 Å². The molecule has 1 aromatic heterocycles. The van der Waals surface area contributed by atoms with Crippen LogP contribution in [0.5, 0.6) is 0 Å². The first-order valence-corrected chi connectivity index (χ1v) is 6.69. The van der Waals surface area contributed by atoms with Crippen molar-refractivity contribution in [2.75, 3.05) is 18.0 Å². The van der Waals surface area contributed by atoms with Crippen LogP contribution in [0.2, 0.25) is 0 Å². The van der Waals surface area contributed by atoms with E-state index in [0.717, 1.165) is 25.3 Å². The van der Waals surface area contributed by atoms with E-state index in [9.17, 15) is 0 Å². The number of nitrogens with two attached hydrogens (primary N) is 1. The molecule has 0 aliphatic carbocycles. The number of nitrogens with zero attached hydrogens (tertiary/aromatic N) is 3. The molecule has 2 aromatic rings. The van der Waals surface area contributed by atoms with Crippen LogP contribution in [0, 0.1) is 11.3 Å². The summed E-state index contributed by atoms with van der Waals surface area (Å²) in [6.07, 6.45) is 0.894. The molecular formula is C16H18N4. The number of aromatic nitrogens is 1. The number of hydrogen-bond donors (Lipinski definition) is 1. The van der Waals surface area contributed by atoms with Crippen LogP contribution in [0.25, 0.3) is 0 Å². The van der Waals surface area contributed by atoms with Gasteiger partial charge in [0.05, 0.1) is 0 Å². The van der Waals surface area contributed by atoms with Crippen molar-refractivity contribution in [3.8, 4) is 6.07 Å². The summed E-state index contributed by atoms with van der Waals surface area (Å²) in [7, 11) is 0. The molecule has 20 heavy (non-hydrogen) atoms. The standard InChI is InChI=1S/C16H18N4/c17-10-5-11-20(13-14-6-2-1-3-7-14)16-9-4-8-15(12-18)19-16/h1-4,6-9H,5,10-11,13,17H2. The Labute approximate surface area is 119 Å². The summed E-state index contributed by atoms with van der Waals surface area (Å²) in [5.74, 6) is 0.821. The summed E-state index contributed by atoms with van der Waals surface area (Å²) in [6.45, 7) is 2.24. The van der Waals surface area contributed by atoms with Gasteiger partial charge in [0.2, 0.25) is 0 Å². The molecule has 1 aromatic carbocycles. The average Bonchev–Trinajstić information content (AvgIpc) is 2.52. The van der Waals surface area contributed by atoms with Gasteiger partial charge in [0.25, 0.3) is 0 Å². The lowest BCUT2D eigenvalue weighted by molar-refractivity contribution is 0.725. The number of nitriles is 1. The van der Waals surface area contributed by atoms with Gasteiger partial charge < -0.3 is 10.6 Å². The van der Waals surface area contributed by atoms with E-state index < -0.39 is 0 Å². The maximum absolute atomic E-state index is 8.96. The highest BCUT2D eigenvalue weighted by Gasteiger charge is 2.09. The van der Waals surface area contributed by atoms with Crippen LogP contribution < -0.4 is 10.6 Å². The van der Waals surface area contributed by atoms with E-state index in [0.29, 0.717) is 12.2 Å². The van der Waals surface area contributed by atoms with Crippen LogP contribution >= 0.6 is 0 Å². The molecule has 0 bridgehead atoms. The SMILES string of the molecule is N#Cc1cccc(N(CCCN)Cc2ccccc2)n1. The zero-order chi connectivity index (χ0) is 14.2. The van der Waals surface area contributed by atoms with Crippen LogP contribution in [0.15, 0.2) is 48.5 Å². The molecule has 0 unspecified atom stereocenters. The van der Waals surface area contributed by atoms with Crippen LogP contribution in [-0.4, -0.2) is 18.1 Å². The van der Waals surface area contributed by atoms with Gasteiger partial charge in [-0.1, -0.05) is 36.4 Å². The van der Waals surface area contributed by atoms with E-state index in [2.05, 4.69) is 28.1 Å². The number of pyridine rings is 1. The molecule has 2 N–H and O–H groups in total. The van der Waals surface area contributed by atoms with Crippen molar-refractivity contribution in [2.45, 2.75) is 13.0 Å². The van der Waals surface area contributed by atoms with E-state index in [-0.39, 0.29) is 0 Å². The molecule has 0 spiro atoms. The van der Waals surface area contributed by atoms with Crippen LogP contribution in [-0.2, 0) is 6.54 Å². The smallest absolute Gasteiger partial charge is 0.142 e. The summed E-state index contributed by atoms with van der Waals surface area (Å²) in [5, 5.41) is 8.96. The molecule has 0 saturated heterocycles. The van der Waals surface area contributed by atoms with Crippen molar-refractivity contribution in [2.24, 2.45) is 5.73 Å². The minimum absolute atomic E-state index is 0.438. The third-order valence-electron chi connectivity index (χ3n) is 3.02. The van der Waals surface area contributed by atoms with Gasteiger partial charge in [-0.15, -0.1) is 0 Å². The first kappa shape index (κ1) is 14.0. The summed E-state index contributed by atoms with van der Waals surface area (Å²) in [4.78, 5) is 6.52. The third-order valence-corrected chi connectivity index (χ3v) is 3.02. The van der Waals surface area contributed by atoms with E-state index in [1.165, 1.54) is 5.56 Å². The van der Waals surface area contributed by atoms with Gasteiger partial charge >= 0.3 is 0 Å². The van der Waals surface area contributed by atoms with E-state index in [1.807, 2.05) is 30.3 Å². The molecule has 0 aliphatic heterocycles. The van der Waals surface area contributed by atoms with Crippen molar-refractivity contribution >= 4 is 5.82 Å². The largest absolute Gasteiger partial charge is 0.352 e. The summed E-state index contributed by atoms with van der Waals surface area (Å²) < 4.78 is 0. The van der Waals surface area contributed by atoms with Crippen molar-refractivity contribution in [1.82, 2.24) is 4.98 Å². The Bertz CT molecular complexity index is 575. The monoisotopic (exact) mass is 266 g/mol. The Hall–Kier alpha value is -2.38. The minimum Gasteiger partial charge on any atom is -0.352 e. The zero-order valence-corrected chi connectivity index (χ0v) is 11.4. The Morgan fingerprint density at radius 2 is 1.90 bits per heavy atom. The van der Waals surface area contributed by atoms with Gasteiger partial charge in [0.1, 0.15) is 17.6 Å². The van der Waals surface area contributed by atoms with E-state index in [4.69, 9.17) is 11.0 Å². The quantitative estimate of drug-likeness (QED) is 0.871. The van der Waals surface area contributed by atoms with Crippen LogP contribution in [0.4, 0.5) is 5.82 Å². The van der Waals surface area contributed by atoms with Crippen molar-refractivity contribution in [3.05, 3.63) is 59.8 Å². The van der Waals surface area contributed by atoms with Gasteiger partial charge in [-0.05, 0) is 30.7 Å². The lowest BCUT2D eigenvalue weighted by atomic mass is 10.2. The molecular weight excluding hydrogens is 248 g/mol. The fourth-order valence-electron chi connectivity index (χ4n) is 2.02. The molecule has 0 aliphatic rings. The molecule has 0 saturated carbocycles. The lowest BCUT2D eigenvalue weighted by Gasteiger charge is -2.23. The highest BCUT2D eigenvalue weighted by Crippen LogP contribution is 2.15. The maximum Gasteiger partial charge on any atom is 0.142 e. The Balaban J connectivity index is 2.20. The first-order chi connectivity index (χ1) is 9.83. The number of benzene rings is 1. The number of hydrogen-bond acceptors (Lipinski definition) is 4. The fourth-order valence-corrected chi connectivity index (χ4v) is 2.02. The molecule has 4 nitrogen and oxygen atoms in total. The predicted octanol–water partition coefficient (Wildman–Crippen LogP) is 2.31. The van der Waals surface area contributed by atoms with Crippen molar-refractivity contribution in [3.63, 3.8) is 0 Å². The van der Waals surface area contributed by atoms with Crippen LogP contribution in [0.3, 0.4) is 0 Å². The molecule has 1 heterocycles. The Morgan fingerprint density at radius 1 is 1.10 bits per heavy atom. The van der Waals surface area contributed by atoms with Gasteiger partial charge in [-0.25, -0.2) is 4.98 Å². The van der Waals surface area contributed by atoms with E-state index >= 15 is 0 Å². The maximum atomic E-state index is 8.96. The van der Waals surface area contributed by atoms with Gasteiger partial charge in [0.15, 0.2) is 0 Å². The molecule has 4 heteroatoms. The first-order valence-electron chi connectivity index (χ1n) is 6.69. The third kappa shape index (κ3) is 3.81. The Morgan fingerprint density at radius 3 is 2.60 bits per heavy atom. The van der Waals surface area contributed by atoms with E-state index in [1.54, 1.807) is 6.07 Å². The normalized spacial score (nSPS) is 10.0. The Kier molecular flexibility index (Phi) is 5.10. The fraction of sp³-hybridized carbons (Fsp3) is 0.250. The molecule has 102 valence electrons. The summed E-state index contributed by atoms with van der Waals surface area (Å²) in [6, 6.07) is 17.8. The lowest BCUT2D eigenvalue weighted by Crippen LogP contribution is -2.26.